The largest absolute Gasteiger partial charge is 0.312 e. The molecule has 2 aromatic rings. The van der Waals surface area contributed by atoms with Gasteiger partial charge in [0, 0.05) is 11.0 Å². The Labute approximate surface area is 117 Å². The normalized spacial score (nSPS) is 10.6. The van der Waals surface area contributed by atoms with Crippen LogP contribution in [0, 0.1) is 6.92 Å². The molecular weight excluding hydrogens is 286 g/mol. The van der Waals surface area contributed by atoms with Crippen LogP contribution in [-0.2, 0) is 13.0 Å². The van der Waals surface area contributed by atoms with Gasteiger partial charge >= 0.3 is 0 Å². The van der Waals surface area contributed by atoms with Crippen molar-refractivity contribution in [3.63, 3.8) is 0 Å². The molecule has 0 saturated carbocycles. The molecule has 0 spiro atoms. The van der Waals surface area contributed by atoms with Gasteiger partial charge in [-0.2, -0.15) is 0 Å². The highest BCUT2D eigenvalue weighted by Crippen LogP contribution is 2.10. The van der Waals surface area contributed by atoms with Gasteiger partial charge in [-0.05, 0) is 43.1 Å². The van der Waals surface area contributed by atoms with Gasteiger partial charge in [0.2, 0.25) is 0 Å². The number of hydrogen-bond acceptors (Lipinski definition) is 1. The van der Waals surface area contributed by atoms with Gasteiger partial charge in [0.05, 0.1) is 0 Å². The van der Waals surface area contributed by atoms with Crippen LogP contribution in [0.3, 0.4) is 0 Å². The molecule has 0 radical (unpaired) electrons. The van der Waals surface area contributed by atoms with Crippen molar-refractivity contribution in [2.45, 2.75) is 19.9 Å². The van der Waals surface area contributed by atoms with Crippen LogP contribution in [-0.4, -0.2) is 6.54 Å². The van der Waals surface area contributed by atoms with E-state index < -0.39 is 0 Å². The zero-order valence-electron chi connectivity index (χ0n) is 10.6. The molecule has 0 unspecified atom stereocenters. The summed E-state index contributed by atoms with van der Waals surface area (Å²) < 4.78 is 1.13. The van der Waals surface area contributed by atoms with Gasteiger partial charge < -0.3 is 5.32 Å². The van der Waals surface area contributed by atoms with Gasteiger partial charge in [-0.25, -0.2) is 0 Å². The topological polar surface area (TPSA) is 12.0 Å². The summed E-state index contributed by atoms with van der Waals surface area (Å²) in [5, 5.41) is 3.47. The molecule has 2 aromatic carbocycles. The molecule has 0 aliphatic heterocycles. The van der Waals surface area contributed by atoms with Crippen molar-refractivity contribution in [3.05, 3.63) is 69.7 Å². The SMILES string of the molecule is Cc1cccc(CCNCc2ccc(Br)cc2)c1. The predicted octanol–water partition coefficient (Wildman–Crippen LogP) is 4.09. The third kappa shape index (κ3) is 4.28. The van der Waals surface area contributed by atoms with Crippen molar-refractivity contribution in [1.29, 1.82) is 0 Å². The second kappa shape index (κ2) is 6.72. The smallest absolute Gasteiger partial charge is 0.0205 e. The molecule has 0 saturated heterocycles. The molecule has 1 N–H and O–H groups in total. The highest BCUT2D eigenvalue weighted by atomic mass is 79.9. The highest BCUT2D eigenvalue weighted by molar-refractivity contribution is 9.10. The molecule has 0 aromatic heterocycles. The third-order valence-corrected chi connectivity index (χ3v) is 3.44. The van der Waals surface area contributed by atoms with Crippen LogP contribution in [0.25, 0.3) is 0 Å². The first-order valence-corrected chi connectivity index (χ1v) is 7.04. The van der Waals surface area contributed by atoms with E-state index in [1.165, 1.54) is 16.7 Å². The number of benzene rings is 2. The summed E-state index contributed by atoms with van der Waals surface area (Å²) in [7, 11) is 0. The lowest BCUT2D eigenvalue weighted by molar-refractivity contribution is 0.687. The first-order chi connectivity index (χ1) is 8.74. The van der Waals surface area contributed by atoms with Crippen molar-refractivity contribution < 1.29 is 0 Å². The maximum absolute atomic E-state index is 3.47. The van der Waals surface area contributed by atoms with E-state index in [1.807, 2.05) is 0 Å². The van der Waals surface area contributed by atoms with Crippen LogP contribution < -0.4 is 5.32 Å². The molecule has 0 bridgehead atoms. The minimum Gasteiger partial charge on any atom is -0.312 e. The molecule has 2 rings (SSSR count). The second-order valence-electron chi connectivity index (χ2n) is 4.54. The Hall–Kier alpha value is -1.12. The molecule has 0 aliphatic rings. The van der Waals surface area contributed by atoms with E-state index in [-0.39, 0.29) is 0 Å². The van der Waals surface area contributed by atoms with Crippen LogP contribution in [0.4, 0.5) is 0 Å². The fraction of sp³-hybridized carbons (Fsp3) is 0.250. The van der Waals surface area contributed by atoms with Crippen molar-refractivity contribution >= 4 is 15.9 Å². The van der Waals surface area contributed by atoms with E-state index >= 15 is 0 Å². The minimum absolute atomic E-state index is 0.930. The standard InChI is InChI=1S/C16H18BrN/c1-13-3-2-4-14(11-13)9-10-18-12-15-5-7-16(17)8-6-15/h2-8,11,18H,9-10,12H2,1H3. The van der Waals surface area contributed by atoms with Gasteiger partial charge in [0.25, 0.3) is 0 Å². The van der Waals surface area contributed by atoms with Crippen LogP contribution >= 0.6 is 15.9 Å². The van der Waals surface area contributed by atoms with E-state index in [1.54, 1.807) is 0 Å². The number of hydrogen-bond donors (Lipinski definition) is 1. The molecule has 1 nitrogen and oxygen atoms in total. The number of aryl methyl sites for hydroxylation is 1. The first-order valence-electron chi connectivity index (χ1n) is 6.25. The molecule has 94 valence electrons. The molecule has 0 amide bonds. The van der Waals surface area contributed by atoms with Crippen LogP contribution in [0.2, 0.25) is 0 Å². The summed E-state index contributed by atoms with van der Waals surface area (Å²) in [6, 6.07) is 17.1. The van der Waals surface area contributed by atoms with Crippen molar-refractivity contribution in [2.75, 3.05) is 6.54 Å². The fourth-order valence-corrected chi connectivity index (χ4v) is 2.20. The predicted molar refractivity (Wildman–Crippen MR) is 80.7 cm³/mol. The van der Waals surface area contributed by atoms with Crippen LogP contribution in [0.1, 0.15) is 16.7 Å². The average Bonchev–Trinajstić information content (AvgIpc) is 2.37. The zero-order chi connectivity index (χ0) is 12.8. The van der Waals surface area contributed by atoms with Crippen LogP contribution in [0.5, 0.6) is 0 Å². The number of halogens is 1. The molecule has 0 atom stereocenters. The Balaban J connectivity index is 1.74. The van der Waals surface area contributed by atoms with Crippen molar-refractivity contribution in [1.82, 2.24) is 5.32 Å². The average molecular weight is 304 g/mol. The molecule has 18 heavy (non-hydrogen) atoms. The molecule has 0 aliphatic carbocycles. The summed E-state index contributed by atoms with van der Waals surface area (Å²) >= 11 is 3.44. The lowest BCUT2D eigenvalue weighted by Gasteiger charge is -2.06. The molecular formula is C16H18BrN. The highest BCUT2D eigenvalue weighted by Gasteiger charge is 1.95. The van der Waals surface area contributed by atoms with Gasteiger partial charge in [0.15, 0.2) is 0 Å². The summed E-state index contributed by atoms with van der Waals surface area (Å²) in [6.07, 6.45) is 1.08. The fourth-order valence-electron chi connectivity index (χ4n) is 1.94. The zero-order valence-corrected chi connectivity index (χ0v) is 12.2. The van der Waals surface area contributed by atoms with Crippen LogP contribution in [0.15, 0.2) is 53.0 Å². The summed E-state index contributed by atoms with van der Waals surface area (Å²) in [5.41, 5.74) is 4.06. The second-order valence-corrected chi connectivity index (χ2v) is 5.46. The summed E-state index contributed by atoms with van der Waals surface area (Å²) in [6.45, 7) is 4.08. The van der Waals surface area contributed by atoms with Crippen molar-refractivity contribution in [3.8, 4) is 0 Å². The molecule has 0 heterocycles. The Morgan fingerprint density at radius 1 is 1.00 bits per heavy atom. The van der Waals surface area contributed by atoms with Gasteiger partial charge in [-0.3, -0.25) is 0 Å². The van der Waals surface area contributed by atoms with E-state index in [4.69, 9.17) is 0 Å². The monoisotopic (exact) mass is 303 g/mol. The van der Waals surface area contributed by atoms with E-state index in [2.05, 4.69) is 76.7 Å². The Bertz CT molecular complexity index is 491. The quantitative estimate of drug-likeness (QED) is 0.820. The van der Waals surface area contributed by atoms with Gasteiger partial charge in [-0.1, -0.05) is 57.9 Å². The minimum atomic E-state index is 0.930. The molecule has 2 heteroatoms. The summed E-state index contributed by atoms with van der Waals surface area (Å²) in [4.78, 5) is 0. The number of nitrogens with one attached hydrogen (secondary N) is 1. The Morgan fingerprint density at radius 2 is 1.78 bits per heavy atom. The lowest BCUT2D eigenvalue weighted by Crippen LogP contribution is -2.16. The van der Waals surface area contributed by atoms with Gasteiger partial charge in [0.1, 0.15) is 0 Å². The third-order valence-electron chi connectivity index (χ3n) is 2.92. The lowest BCUT2D eigenvalue weighted by atomic mass is 10.1. The van der Waals surface area contributed by atoms with Gasteiger partial charge in [-0.15, -0.1) is 0 Å². The number of rotatable bonds is 5. The Kier molecular flexibility index (Phi) is 4.97. The maximum Gasteiger partial charge on any atom is 0.0205 e. The van der Waals surface area contributed by atoms with E-state index in [0.29, 0.717) is 0 Å². The first kappa shape index (κ1) is 13.3. The van der Waals surface area contributed by atoms with E-state index in [9.17, 15) is 0 Å². The maximum atomic E-state index is 3.47. The summed E-state index contributed by atoms with van der Waals surface area (Å²) in [5.74, 6) is 0. The van der Waals surface area contributed by atoms with Crippen molar-refractivity contribution in [2.24, 2.45) is 0 Å². The Morgan fingerprint density at radius 3 is 2.50 bits per heavy atom. The van der Waals surface area contributed by atoms with E-state index in [0.717, 1.165) is 24.0 Å². The molecule has 0 fully saturated rings.